The molecule has 0 radical (unpaired) electrons. The third-order valence-corrected chi connectivity index (χ3v) is 4.98. The summed E-state index contributed by atoms with van der Waals surface area (Å²) < 4.78 is 1.52. The second-order valence-electron chi connectivity index (χ2n) is 7.31. The van der Waals surface area contributed by atoms with Crippen molar-refractivity contribution in [3.8, 4) is 11.3 Å². The van der Waals surface area contributed by atoms with Crippen molar-refractivity contribution in [2.24, 2.45) is 12.8 Å². The van der Waals surface area contributed by atoms with Gasteiger partial charge in [-0.15, -0.1) is 0 Å². The van der Waals surface area contributed by atoms with Gasteiger partial charge in [-0.25, -0.2) is 0 Å². The Balaban J connectivity index is 1.91. The summed E-state index contributed by atoms with van der Waals surface area (Å²) in [4.78, 5) is 36.0. The monoisotopic (exact) mass is 435 g/mol. The Morgan fingerprint density at radius 1 is 1.12 bits per heavy atom. The summed E-state index contributed by atoms with van der Waals surface area (Å²) in [6, 6.07) is 14.9. The molecule has 0 fully saturated rings. The van der Waals surface area contributed by atoms with Crippen LogP contribution in [0.15, 0.2) is 60.8 Å². The SMILES string of the molecule is CNC(=O)c1cccc(-c2nn(C)cc2C(O)NC(Cc2ccccc2)C(=O)C(N)=O)c1. The zero-order valence-electron chi connectivity index (χ0n) is 17.8. The van der Waals surface area contributed by atoms with Crippen molar-refractivity contribution >= 4 is 17.6 Å². The van der Waals surface area contributed by atoms with Crippen molar-refractivity contribution in [3.05, 3.63) is 77.5 Å². The molecule has 0 saturated carbocycles. The Morgan fingerprint density at radius 2 is 1.84 bits per heavy atom. The fourth-order valence-corrected chi connectivity index (χ4v) is 3.41. The average molecular weight is 435 g/mol. The number of aryl methyl sites for hydroxylation is 1. The number of rotatable bonds is 9. The predicted octanol–water partition coefficient (Wildman–Crippen LogP) is 0.693. The highest BCUT2D eigenvalue weighted by atomic mass is 16.3. The zero-order valence-corrected chi connectivity index (χ0v) is 17.8. The quantitative estimate of drug-likeness (QED) is 0.288. The lowest BCUT2D eigenvalue weighted by atomic mass is 10.00. The molecule has 0 saturated heterocycles. The standard InChI is InChI=1S/C23H25N5O4/c1-25-22(31)16-10-6-9-15(12-16)19-17(13-28(2)27-19)23(32)26-18(20(29)21(24)30)11-14-7-4-3-5-8-14/h3-10,12-13,18,23,26,32H,11H2,1-2H3,(H2,24,30)(H,25,31). The van der Waals surface area contributed by atoms with E-state index in [2.05, 4.69) is 15.7 Å². The Kier molecular flexibility index (Phi) is 7.14. The topological polar surface area (TPSA) is 139 Å². The second-order valence-corrected chi connectivity index (χ2v) is 7.31. The lowest BCUT2D eigenvalue weighted by Gasteiger charge is -2.21. The van der Waals surface area contributed by atoms with E-state index in [1.54, 1.807) is 37.5 Å². The number of carbonyl (C=O) groups is 3. The molecule has 3 rings (SSSR count). The second kappa shape index (κ2) is 9.99. The van der Waals surface area contributed by atoms with Crippen molar-refractivity contribution < 1.29 is 19.5 Å². The summed E-state index contributed by atoms with van der Waals surface area (Å²) in [6.45, 7) is 0. The summed E-state index contributed by atoms with van der Waals surface area (Å²) in [6.07, 6.45) is 0.453. The number of hydrogen-bond acceptors (Lipinski definition) is 6. The summed E-state index contributed by atoms with van der Waals surface area (Å²) >= 11 is 0. The van der Waals surface area contributed by atoms with Gasteiger partial charge in [0.2, 0.25) is 5.78 Å². The van der Waals surface area contributed by atoms with Gasteiger partial charge in [-0.2, -0.15) is 5.10 Å². The first-order valence-corrected chi connectivity index (χ1v) is 9.98. The van der Waals surface area contributed by atoms with Crippen LogP contribution in [0.4, 0.5) is 0 Å². The first-order valence-electron chi connectivity index (χ1n) is 9.98. The molecule has 0 spiro atoms. The van der Waals surface area contributed by atoms with Gasteiger partial charge >= 0.3 is 0 Å². The number of nitrogens with zero attached hydrogens (tertiary/aromatic N) is 2. The first kappa shape index (κ1) is 22.9. The van der Waals surface area contributed by atoms with Gasteiger partial charge < -0.3 is 16.2 Å². The highest BCUT2D eigenvalue weighted by Crippen LogP contribution is 2.27. The van der Waals surface area contributed by atoms with Crippen LogP contribution in [0, 0.1) is 0 Å². The minimum atomic E-state index is -1.32. The number of amides is 2. The number of primary amides is 1. The molecule has 5 N–H and O–H groups in total. The number of aliphatic hydroxyl groups is 1. The maximum atomic E-state index is 12.4. The third kappa shape index (κ3) is 5.26. The Labute approximate surface area is 185 Å². The Bertz CT molecular complexity index is 1130. The van der Waals surface area contributed by atoms with Crippen molar-refractivity contribution in [1.82, 2.24) is 20.4 Å². The molecule has 9 heteroatoms. The van der Waals surface area contributed by atoms with E-state index in [9.17, 15) is 19.5 Å². The van der Waals surface area contributed by atoms with Crippen LogP contribution < -0.4 is 16.4 Å². The van der Waals surface area contributed by atoms with Crippen LogP contribution in [0.3, 0.4) is 0 Å². The lowest BCUT2D eigenvalue weighted by molar-refractivity contribution is -0.137. The first-order chi connectivity index (χ1) is 15.3. The number of aromatic nitrogens is 2. The summed E-state index contributed by atoms with van der Waals surface area (Å²) in [5.74, 6) is -2.17. The average Bonchev–Trinajstić information content (AvgIpc) is 3.20. The van der Waals surface area contributed by atoms with Crippen LogP contribution >= 0.6 is 0 Å². The fraction of sp³-hybridized carbons (Fsp3) is 0.217. The number of benzene rings is 2. The predicted molar refractivity (Wildman–Crippen MR) is 118 cm³/mol. The van der Waals surface area contributed by atoms with Gasteiger partial charge in [0.05, 0.1) is 11.7 Å². The molecular formula is C23H25N5O4. The minimum absolute atomic E-state index is 0.168. The molecule has 2 aromatic carbocycles. The largest absolute Gasteiger partial charge is 0.374 e. The summed E-state index contributed by atoms with van der Waals surface area (Å²) in [5, 5.41) is 20.7. The van der Waals surface area contributed by atoms with Crippen LogP contribution in [-0.2, 0) is 23.1 Å². The molecule has 1 heterocycles. The number of aliphatic hydroxyl groups excluding tert-OH is 1. The molecule has 2 unspecified atom stereocenters. The molecule has 0 aliphatic heterocycles. The van der Waals surface area contributed by atoms with Crippen LogP contribution in [0.1, 0.15) is 27.7 Å². The number of nitrogens with two attached hydrogens (primary N) is 1. The maximum absolute atomic E-state index is 12.4. The fourth-order valence-electron chi connectivity index (χ4n) is 3.41. The van der Waals surface area contributed by atoms with Crippen molar-refractivity contribution in [1.29, 1.82) is 0 Å². The number of nitrogens with one attached hydrogen (secondary N) is 2. The molecule has 2 atom stereocenters. The molecule has 0 bridgehead atoms. The van der Waals surface area contributed by atoms with Crippen molar-refractivity contribution in [2.75, 3.05) is 7.05 Å². The summed E-state index contributed by atoms with van der Waals surface area (Å²) in [5.41, 5.74) is 7.90. The van der Waals surface area contributed by atoms with Gasteiger partial charge in [-0.3, -0.25) is 24.4 Å². The van der Waals surface area contributed by atoms with E-state index in [4.69, 9.17) is 5.73 Å². The number of Topliss-reactive ketones (excluding diaryl/α,β-unsaturated/α-hetero) is 1. The van der Waals surface area contributed by atoms with Gasteiger partial charge in [0.15, 0.2) is 0 Å². The van der Waals surface area contributed by atoms with Crippen molar-refractivity contribution in [3.63, 3.8) is 0 Å². The van der Waals surface area contributed by atoms with E-state index in [0.717, 1.165) is 5.56 Å². The molecule has 0 aliphatic carbocycles. The van der Waals surface area contributed by atoms with E-state index >= 15 is 0 Å². The van der Waals surface area contributed by atoms with E-state index in [0.29, 0.717) is 22.4 Å². The molecule has 0 aliphatic rings. The van der Waals surface area contributed by atoms with Crippen LogP contribution in [-0.4, -0.2) is 45.6 Å². The van der Waals surface area contributed by atoms with Gasteiger partial charge in [0.1, 0.15) is 6.23 Å². The molecule has 1 aromatic heterocycles. The van der Waals surface area contributed by atoms with Gasteiger partial charge in [-0.1, -0.05) is 42.5 Å². The molecule has 166 valence electrons. The highest BCUT2D eigenvalue weighted by molar-refractivity contribution is 6.37. The normalized spacial score (nSPS) is 12.7. The van der Waals surface area contributed by atoms with Gasteiger partial charge in [0, 0.05) is 37.0 Å². The highest BCUT2D eigenvalue weighted by Gasteiger charge is 2.28. The number of hydrogen-bond donors (Lipinski definition) is 4. The van der Waals surface area contributed by atoms with Crippen LogP contribution in [0.5, 0.6) is 0 Å². The maximum Gasteiger partial charge on any atom is 0.286 e. The van der Waals surface area contributed by atoms with Crippen LogP contribution in [0.25, 0.3) is 11.3 Å². The Hall–Kier alpha value is -3.82. The number of carbonyl (C=O) groups excluding carboxylic acids is 3. The molecule has 2 amide bonds. The van der Waals surface area contributed by atoms with Crippen LogP contribution in [0.2, 0.25) is 0 Å². The van der Waals surface area contributed by atoms with E-state index < -0.39 is 24.0 Å². The number of ketones is 1. The molecule has 32 heavy (non-hydrogen) atoms. The molecular weight excluding hydrogens is 410 g/mol. The van der Waals surface area contributed by atoms with Gasteiger partial charge in [-0.05, 0) is 24.1 Å². The molecule has 3 aromatic rings. The summed E-state index contributed by atoms with van der Waals surface area (Å²) in [7, 11) is 3.23. The lowest BCUT2D eigenvalue weighted by Crippen LogP contribution is -2.46. The van der Waals surface area contributed by atoms with Crippen molar-refractivity contribution in [2.45, 2.75) is 18.7 Å². The Morgan fingerprint density at radius 3 is 2.50 bits per heavy atom. The van der Waals surface area contributed by atoms with E-state index in [1.165, 1.54) is 11.7 Å². The molecule has 9 nitrogen and oxygen atoms in total. The van der Waals surface area contributed by atoms with E-state index in [-0.39, 0.29) is 12.3 Å². The third-order valence-electron chi connectivity index (χ3n) is 4.98. The van der Waals surface area contributed by atoms with E-state index in [1.807, 2.05) is 30.3 Å². The smallest absolute Gasteiger partial charge is 0.286 e. The van der Waals surface area contributed by atoms with Gasteiger partial charge in [0.25, 0.3) is 11.8 Å². The zero-order chi connectivity index (χ0) is 23.3. The minimum Gasteiger partial charge on any atom is -0.374 e.